The van der Waals surface area contributed by atoms with E-state index in [1.54, 1.807) is 12.1 Å². The van der Waals surface area contributed by atoms with Crippen LogP contribution in [0.5, 0.6) is 0 Å². The molecule has 2 saturated heterocycles. The summed E-state index contributed by atoms with van der Waals surface area (Å²) in [6.45, 7) is 3.66. The highest BCUT2D eigenvalue weighted by Crippen LogP contribution is 2.30. The van der Waals surface area contributed by atoms with Gasteiger partial charge in [0.25, 0.3) is 5.91 Å². The van der Waals surface area contributed by atoms with E-state index in [-0.39, 0.29) is 11.9 Å². The van der Waals surface area contributed by atoms with Crippen LogP contribution in [0.15, 0.2) is 42.5 Å². The van der Waals surface area contributed by atoms with Gasteiger partial charge in [-0.15, -0.1) is 11.3 Å². The Kier molecular flexibility index (Phi) is 4.42. The van der Waals surface area contributed by atoms with Crippen LogP contribution in [0.3, 0.4) is 0 Å². The van der Waals surface area contributed by atoms with Crippen molar-refractivity contribution < 1.29 is 9.59 Å². The predicted octanol–water partition coefficient (Wildman–Crippen LogP) is 2.68. The van der Waals surface area contributed by atoms with Gasteiger partial charge < -0.3 is 15.5 Å². The van der Waals surface area contributed by atoms with Gasteiger partial charge in [-0.2, -0.15) is 0 Å². The molecular weight excluding hydrogens is 336 g/mol. The molecule has 25 heavy (non-hydrogen) atoms. The molecule has 1 aromatic heterocycles. The number of hydrogen-bond acceptors (Lipinski definition) is 4. The van der Waals surface area contributed by atoms with E-state index >= 15 is 0 Å². The molecule has 0 unspecified atom stereocenters. The van der Waals surface area contributed by atoms with Crippen LogP contribution >= 0.6 is 11.3 Å². The molecule has 4 rings (SSSR count). The first kappa shape index (κ1) is 16.1. The van der Waals surface area contributed by atoms with E-state index in [4.69, 9.17) is 0 Å². The number of urea groups is 1. The van der Waals surface area contributed by atoms with Crippen molar-refractivity contribution in [2.24, 2.45) is 11.8 Å². The lowest BCUT2D eigenvalue weighted by atomic mass is 10.0. The maximum Gasteiger partial charge on any atom is 0.324 e. The zero-order valence-electron chi connectivity index (χ0n) is 13.7. The van der Waals surface area contributed by atoms with Crippen LogP contribution in [0.2, 0.25) is 0 Å². The second-order valence-corrected chi connectivity index (χ2v) is 7.58. The molecule has 2 aliphatic rings. The Morgan fingerprint density at radius 2 is 1.72 bits per heavy atom. The lowest BCUT2D eigenvalue weighted by Gasteiger charge is -2.16. The zero-order valence-corrected chi connectivity index (χ0v) is 14.5. The lowest BCUT2D eigenvalue weighted by molar-refractivity contribution is 0.0786. The van der Waals surface area contributed by atoms with Crippen LogP contribution in [0, 0.1) is 11.8 Å². The van der Waals surface area contributed by atoms with Gasteiger partial charge >= 0.3 is 6.03 Å². The maximum absolute atomic E-state index is 12.7. The molecule has 2 aliphatic heterocycles. The zero-order chi connectivity index (χ0) is 17.2. The standard InChI is InChI=1S/C18H20N4O2S/c23-17(22-10-12-8-19-9-13(12)11-22)15-6-7-16(25-15)21-18(24)20-14-4-2-1-3-5-14/h1-7,12-13,19H,8-11H2,(H2,20,21,24)/t12-,13+. The van der Waals surface area contributed by atoms with E-state index < -0.39 is 0 Å². The molecule has 2 fully saturated rings. The first-order chi connectivity index (χ1) is 12.2. The van der Waals surface area contributed by atoms with E-state index in [0.29, 0.717) is 21.7 Å². The SMILES string of the molecule is O=C(Nc1ccccc1)Nc1ccc(C(=O)N2C[C@H]3CNC[C@H]3C2)s1. The summed E-state index contributed by atoms with van der Waals surface area (Å²) in [5.74, 6) is 1.23. The Morgan fingerprint density at radius 3 is 2.44 bits per heavy atom. The van der Waals surface area contributed by atoms with Crippen molar-refractivity contribution in [2.75, 3.05) is 36.8 Å². The second kappa shape index (κ2) is 6.85. The number of nitrogens with zero attached hydrogens (tertiary/aromatic N) is 1. The Bertz CT molecular complexity index is 764. The topological polar surface area (TPSA) is 73.5 Å². The summed E-state index contributed by atoms with van der Waals surface area (Å²) in [5.41, 5.74) is 0.727. The van der Waals surface area contributed by atoms with Crippen molar-refractivity contribution in [1.29, 1.82) is 0 Å². The highest BCUT2D eigenvalue weighted by atomic mass is 32.1. The number of hydrogen-bond donors (Lipinski definition) is 3. The fraction of sp³-hybridized carbons (Fsp3) is 0.333. The molecule has 7 heteroatoms. The monoisotopic (exact) mass is 356 g/mol. The number of nitrogens with one attached hydrogen (secondary N) is 3. The van der Waals surface area contributed by atoms with E-state index in [0.717, 1.165) is 31.9 Å². The third-order valence-corrected chi connectivity index (χ3v) is 5.75. The fourth-order valence-corrected chi connectivity index (χ4v) is 4.36. The third kappa shape index (κ3) is 3.52. The van der Waals surface area contributed by atoms with Gasteiger partial charge in [0.2, 0.25) is 0 Å². The van der Waals surface area contributed by atoms with Crippen molar-refractivity contribution >= 4 is 34.0 Å². The van der Waals surface area contributed by atoms with Crippen molar-refractivity contribution in [3.63, 3.8) is 0 Å². The summed E-state index contributed by atoms with van der Waals surface area (Å²) in [4.78, 5) is 27.3. The van der Waals surface area contributed by atoms with E-state index in [1.807, 2.05) is 35.2 Å². The van der Waals surface area contributed by atoms with Crippen molar-refractivity contribution in [2.45, 2.75) is 0 Å². The van der Waals surface area contributed by atoms with Crippen LogP contribution in [0.1, 0.15) is 9.67 Å². The molecule has 130 valence electrons. The molecule has 0 bridgehead atoms. The molecule has 3 heterocycles. The number of thiophene rings is 1. The summed E-state index contributed by atoms with van der Waals surface area (Å²) in [6.07, 6.45) is 0. The molecule has 1 aromatic carbocycles. The van der Waals surface area contributed by atoms with E-state index in [2.05, 4.69) is 16.0 Å². The summed E-state index contributed by atoms with van der Waals surface area (Å²) < 4.78 is 0. The Morgan fingerprint density at radius 1 is 1.00 bits per heavy atom. The summed E-state index contributed by atoms with van der Waals surface area (Å²) in [6, 6.07) is 12.5. The molecular formula is C18H20N4O2S. The van der Waals surface area contributed by atoms with Crippen LogP contribution < -0.4 is 16.0 Å². The number of benzene rings is 1. The molecule has 0 aliphatic carbocycles. The number of para-hydroxylation sites is 1. The van der Waals surface area contributed by atoms with Crippen molar-refractivity contribution in [1.82, 2.24) is 10.2 Å². The van der Waals surface area contributed by atoms with Gasteiger partial charge in [0, 0.05) is 31.9 Å². The lowest BCUT2D eigenvalue weighted by Crippen LogP contribution is -2.31. The minimum absolute atomic E-state index is 0.0657. The number of fused-ring (bicyclic) bond motifs is 1. The number of rotatable bonds is 3. The summed E-state index contributed by atoms with van der Waals surface area (Å²) in [7, 11) is 0. The normalized spacial score (nSPS) is 21.8. The molecule has 0 radical (unpaired) electrons. The summed E-state index contributed by atoms with van der Waals surface area (Å²) in [5, 5.41) is 9.59. The molecule has 0 spiro atoms. The Labute approximate surface area is 150 Å². The molecule has 3 N–H and O–H groups in total. The number of anilines is 2. The third-order valence-electron chi connectivity index (χ3n) is 4.76. The molecule has 2 aromatic rings. The minimum atomic E-state index is -0.311. The maximum atomic E-state index is 12.7. The molecule has 3 amide bonds. The van der Waals surface area contributed by atoms with Gasteiger partial charge in [-0.25, -0.2) is 4.79 Å². The van der Waals surface area contributed by atoms with Gasteiger partial charge in [-0.1, -0.05) is 18.2 Å². The van der Waals surface area contributed by atoms with Gasteiger partial charge in [0.1, 0.15) is 0 Å². The Balaban J connectivity index is 1.35. The van der Waals surface area contributed by atoms with Crippen LogP contribution in [0.4, 0.5) is 15.5 Å². The van der Waals surface area contributed by atoms with Gasteiger partial charge in [-0.05, 0) is 36.1 Å². The van der Waals surface area contributed by atoms with Crippen molar-refractivity contribution in [3.05, 3.63) is 47.3 Å². The average molecular weight is 356 g/mol. The second-order valence-electron chi connectivity index (χ2n) is 6.50. The number of likely N-dealkylation sites (tertiary alicyclic amines) is 1. The smallest absolute Gasteiger partial charge is 0.324 e. The first-order valence-corrected chi connectivity index (χ1v) is 9.23. The van der Waals surface area contributed by atoms with Gasteiger partial charge in [0.15, 0.2) is 0 Å². The van der Waals surface area contributed by atoms with Crippen LogP contribution in [-0.4, -0.2) is 43.0 Å². The highest BCUT2D eigenvalue weighted by molar-refractivity contribution is 7.18. The predicted molar refractivity (Wildman–Crippen MR) is 99.2 cm³/mol. The molecule has 0 saturated carbocycles. The largest absolute Gasteiger partial charge is 0.337 e. The van der Waals surface area contributed by atoms with Gasteiger partial charge in [-0.3, -0.25) is 10.1 Å². The molecule has 6 nitrogen and oxygen atoms in total. The number of carbonyl (C=O) groups is 2. The number of carbonyl (C=O) groups excluding carboxylic acids is 2. The van der Waals surface area contributed by atoms with Gasteiger partial charge in [0.05, 0.1) is 9.88 Å². The Hall–Kier alpha value is -2.38. The average Bonchev–Trinajstić information content (AvgIpc) is 3.30. The van der Waals surface area contributed by atoms with E-state index in [1.165, 1.54) is 11.3 Å². The molecule has 2 atom stereocenters. The first-order valence-electron chi connectivity index (χ1n) is 8.42. The van der Waals surface area contributed by atoms with Crippen LogP contribution in [0.25, 0.3) is 0 Å². The number of amides is 3. The minimum Gasteiger partial charge on any atom is -0.337 e. The highest BCUT2D eigenvalue weighted by Gasteiger charge is 2.38. The van der Waals surface area contributed by atoms with E-state index in [9.17, 15) is 9.59 Å². The quantitative estimate of drug-likeness (QED) is 0.792. The summed E-state index contributed by atoms with van der Waals surface area (Å²) >= 11 is 1.32. The fourth-order valence-electron chi connectivity index (χ4n) is 3.49. The van der Waals surface area contributed by atoms with Crippen molar-refractivity contribution in [3.8, 4) is 0 Å². The van der Waals surface area contributed by atoms with Crippen LogP contribution in [-0.2, 0) is 0 Å².